The van der Waals surface area contributed by atoms with E-state index >= 15 is 0 Å². The number of aromatic nitrogens is 2. The first-order chi connectivity index (χ1) is 13.5. The molecule has 0 saturated heterocycles. The third-order valence-electron chi connectivity index (χ3n) is 3.84. The number of methoxy groups -OCH3 is 1. The van der Waals surface area contributed by atoms with Gasteiger partial charge in [0.2, 0.25) is 6.79 Å². The van der Waals surface area contributed by atoms with Gasteiger partial charge in [-0.25, -0.2) is 4.79 Å². The molecule has 0 amide bonds. The molecule has 0 aliphatic rings. The zero-order valence-corrected chi connectivity index (χ0v) is 15.9. The second-order valence-corrected chi connectivity index (χ2v) is 6.19. The molecule has 0 atom stereocenters. The van der Waals surface area contributed by atoms with E-state index in [9.17, 15) is 9.59 Å². The predicted octanol–water partition coefficient (Wildman–Crippen LogP) is 3.67. The molecule has 3 aromatic rings. The molecule has 0 unspecified atom stereocenters. The summed E-state index contributed by atoms with van der Waals surface area (Å²) < 4.78 is 15.5. The van der Waals surface area contributed by atoms with Crippen LogP contribution in [0.3, 0.4) is 0 Å². The summed E-state index contributed by atoms with van der Waals surface area (Å²) >= 11 is 5.92. The summed E-state index contributed by atoms with van der Waals surface area (Å²) in [5, 5.41) is 0.606. The van der Waals surface area contributed by atoms with Crippen molar-refractivity contribution in [2.75, 3.05) is 13.9 Å². The van der Waals surface area contributed by atoms with Gasteiger partial charge in [-0.3, -0.25) is 4.79 Å². The van der Waals surface area contributed by atoms with Crippen molar-refractivity contribution in [1.82, 2.24) is 9.97 Å². The van der Waals surface area contributed by atoms with Crippen LogP contribution in [0.2, 0.25) is 5.02 Å². The maximum Gasteiger partial charge on any atom is 0.345 e. The maximum atomic E-state index is 12.1. The Morgan fingerprint density at radius 2 is 1.79 bits per heavy atom. The molecular formula is C20H17ClN2O5. The zero-order chi connectivity index (χ0) is 20.1. The third-order valence-corrected chi connectivity index (χ3v) is 4.09. The zero-order valence-electron chi connectivity index (χ0n) is 15.2. The first-order valence-corrected chi connectivity index (χ1v) is 8.66. The number of carbonyl (C=O) groups is 1. The summed E-state index contributed by atoms with van der Waals surface area (Å²) in [5.41, 5.74) is 2.08. The fourth-order valence-electron chi connectivity index (χ4n) is 2.51. The molecule has 3 rings (SSSR count). The summed E-state index contributed by atoms with van der Waals surface area (Å²) in [5.74, 6) is 0.369. The van der Waals surface area contributed by atoms with Gasteiger partial charge in [-0.15, -0.1) is 0 Å². The van der Waals surface area contributed by atoms with Crippen molar-refractivity contribution in [3.63, 3.8) is 0 Å². The highest BCUT2D eigenvalue weighted by atomic mass is 35.5. The Kier molecular flexibility index (Phi) is 5.96. The van der Waals surface area contributed by atoms with Gasteiger partial charge in [0.25, 0.3) is 0 Å². The van der Waals surface area contributed by atoms with E-state index in [0.717, 1.165) is 5.56 Å². The van der Waals surface area contributed by atoms with E-state index in [1.165, 1.54) is 14.0 Å². The summed E-state index contributed by atoms with van der Waals surface area (Å²) in [6, 6.07) is 14.0. The Morgan fingerprint density at radius 3 is 2.46 bits per heavy atom. The van der Waals surface area contributed by atoms with E-state index in [-0.39, 0.29) is 6.79 Å². The Morgan fingerprint density at radius 1 is 1.07 bits per heavy atom. The average Bonchev–Trinajstić information content (AvgIpc) is 2.68. The molecular weight excluding hydrogens is 384 g/mol. The molecule has 1 aromatic heterocycles. The molecule has 2 aromatic carbocycles. The smallest absolute Gasteiger partial charge is 0.345 e. The number of halogens is 1. The van der Waals surface area contributed by atoms with Crippen LogP contribution in [0.5, 0.6) is 11.5 Å². The van der Waals surface area contributed by atoms with Gasteiger partial charge in [-0.05, 0) is 42.0 Å². The molecule has 0 bridgehead atoms. The molecule has 0 aliphatic heterocycles. The summed E-state index contributed by atoms with van der Waals surface area (Å²) in [6.45, 7) is 1.07. The highest BCUT2D eigenvalue weighted by molar-refractivity contribution is 6.30. The lowest BCUT2D eigenvalue weighted by atomic mass is 10.1. The number of hydrogen-bond acceptors (Lipinski definition) is 6. The number of benzene rings is 2. The number of aromatic amines is 1. The molecule has 0 aliphatic carbocycles. The monoisotopic (exact) mass is 400 g/mol. The van der Waals surface area contributed by atoms with Gasteiger partial charge in [0.1, 0.15) is 0 Å². The van der Waals surface area contributed by atoms with Crippen LogP contribution in [0.25, 0.3) is 22.5 Å². The molecule has 0 fully saturated rings. The third kappa shape index (κ3) is 4.69. The molecule has 8 heteroatoms. The van der Waals surface area contributed by atoms with E-state index in [0.29, 0.717) is 33.5 Å². The van der Waals surface area contributed by atoms with Crippen LogP contribution in [-0.2, 0) is 9.53 Å². The van der Waals surface area contributed by atoms with Crippen LogP contribution in [0, 0.1) is 0 Å². The Labute approximate surface area is 165 Å². The van der Waals surface area contributed by atoms with Gasteiger partial charge >= 0.3 is 11.7 Å². The van der Waals surface area contributed by atoms with Crippen LogP contribution in [0.4, 0.5) is 0 Å². The van der Waals surface area contributed by atoms with Crippen LogP contribution >= 0.6 is 11.6 Å². The maximum absolute atomic E-state index is 12.1. The summed E-state index contributed by atoms with van der Waals surface area (Å²) in [6.07, 6.45) is 0. The number of nitrogens with zero attached hydrogens (tertiary/aromatic N) is 1. The molecule has 144 valence electrons. The Balaban J connectivity index is 1.93. The van der Waals surface area contributed by atoms with Gasteiger partial charge in [-0.1, -0.05) is 23.7 Å². The van der Waals surface area contributed by atoms with Crippen molar-refractivity contribution < 1.29 is 19.0 Å². The number of rotatable bonds is 6. The topological polar surface area (TPSA) is 90.5 Å². The standard InChI is InChI=1S/C20H17ClN2O5/c1-12(24)27-11-28-18-8-5-14(9-19(18)26-2)17-10-16(22-20(25)23-17)13-3-6-15(21)7-4-13/h3-10H,11H2,1-2H3,(H,22,23,25). The molecule has 0 saturated carbocycles. The fourth-order valence-corrected chi connectivity index (χ4v) is 2.64. The number of carbonyl (C=O) groups excluding carboxylic acids is 1. The minimum absolute atomic E-state index is 0.227. The number of nitrogens with one attached hydrogen (secondary N) is 1. The average molecular weight is 401 g/mol. The van der Waals surface area contributed by atoms with Crippen LogP contribution < -0.4 is 15.2 Å². The minimum Gasteiger partial charge on any atom is -0.493 e. The first kappa shape index (κ1) is 19.4. The van der Waals surface area contributed by atoms with E-state index < -0.39 is 11.7 Å². The van der Waals surface area contributed by atoms with Gasteiger partial charge in [0.05, 0.1) is 18.5 Å². The van der Waals surface area contributed by atoms with Crippen molar-refractivity contribution in [3.8, 4) is 34.0 Å². The molecule has 1 heterocycles. The largest absolute Gasteiger partial charge is 0.493 e. The van der Waals surface area contributed by atoms with Gasteiger partial charge in [-0.2, -0.15) is 4.98 Å². The van der Waals surface area contributed by atoms with Gasteiger partial charge < -0.3 is 19.2 Å². The Hall–Kier alpha value is -3.32. The number of H-pyrrole nitrogens is 1. The Bertz CT molecular complexity index is 1050. The quantitative estimate of drug-likeness (QED) is 0.501. The van der Waals surface area contributed by atoms with E-state index in [1.807, 2.05) is 12.1 Å². The van der Waals surface area contributed by atoms with Crippen molar-refractivity contribution in [2.24, 2.45) is 0 Å². The molecule has 7 nitrogen and oxygen atoms in total. The summed E-state index contributed by atoms with van der Waals surface area (Å²) in [7, 11) is 1.49. The predicted molar refractivity (Wildman–Crippen MR) is 105 cm³/mol. The van der Waals surface area contributed by atoms with E-state index in [4.69, 9.17) is 25.8 Å². The van der Waals surface area contributed by atoms with Gasteiger partial charge in [0.15, 0.2) is 11.5 Å². The lowest BCUT2D eigenvalue weighted by Gasteiger charge is -2.12. The fraction of sp³-hybridized carbons (Fsp3) is 0.150. The number of esters is 1. The normalized spacial score (nSPS) is 10.4. The van der Waals surface area contributed by atoms with Gasteiger partial charge in [0, 0.05) is 17.5 Å². The highest BCUT2D eigenvalue weighted by Crippen LogP contribution is 2.32. The minimum atomic E-state index is -0.475. The lowest BCUT2D eigenvalue weighted by Crippen LogP contribution is -2.12. The molecule has 0 radical (unpaired) electrons. The second-order valence-electron chi connectivity index (χ2n) is 5.76. The second kappa shape index (κ2) is 8.58. The van der Waals surface area contributed by atoms with Crippen molar-refractivity contribution in [2.45, 2.75) is 6.92 Å². The van der Waals surface area contributed by atoms with Crippen molar-refractivity contribution in [1.29, 1.82) is 0 Å². The SMILES string of the molecule is COc1cc(-c2cc(-c3ccc(Cl)cc3)[nH]c(=O)n2)ccc1OCOC(C)=O. The summed E-state index contributed by atoms with van der Waals surface area (Å²) in [4.78, 5) is 29.7. The number of ether oxygens (including phenoxy) is 3. The van der Waals surface area contributed by atoms with Crippen LogP contribution in [0.1, 0.15) is 6.92 Å². The molecule has 28 heavy (non-hydrogen) atoms. The van der Waals surface area contributed by atoms with Crippen molar-refractivity contribution in [3.05, 3.63) is 64.0 Å². The number of hydrogen-bond donors (Lipinski definition) is 1. The van der Waals surface area contributed by atoms with E-state index in [2.05, 4.69) is 9.97 Å². The molecule has 0 spiro atoms. The molecule has 1 N–H and O–H groups in total. The van der Waals surface area contributed by atoms with Crippen LogP contribution in [-0.4, -0.2) is 29.8 Å². The van der Waals surface area contributed by atoms with Crippen LogP contribution in [0.15, 0.2) is 53.3 Å². The highest BCUT2D eigenvalue weighted by Gasteiger charge is 2.11. The first-order valence-electron chi connectivity index (χ1n) is 8.28. The lowest BCUT2D eigenvalue weighted by molar-refractivity contribution is -0.147. The van der Waals surface area contributed by atoms with E-state index in [1.54, 1.807) is 36.4 Å². The van der Waals surface area contributed by atoms with Crippen molar-refractivity contribution >= 4 is 17.6 Å².